The molecular formula is C16H24O3. The molecule has 3 nitrogen and oxygen atoms in total. The average Bonchev–Trinajstić information content (AvgIpc) is 2.26. The van der Waals surface area contributed by atoms with Crippen LogP contribution in [0.25, 0.3) is 0 Å². The van der Waals surface area contributed by atoms with Gasteiger partial charge in [-0.15, -0.1) is 0 Å². The number of hydrogen-bond donors (Lipinski definition) is 1. The molecule has 19 heavy (non-hydrogen) atoms. The third-order valence-corrected chi connectivity index (χ3v) is 2.87. The van der Waals surface area contributed by atoms with Crippen LogP contribution in [0.15, 0.2) is 30.3 Å². The standard InChI is InChI=1S/C16H24O3/c1-12(11-16(2,3)4)10-14(15(17)18)19-13-8-6-5-7-9-13/h5-9,12,14H,10-11H2,1-4H3,(H,17,18). The van der Waals surface area contributed by atoms with Crippen LogP contribution in [-0.4, -0.2) is 17.2 Å². The summed E-state index contributed by atoms with van der Waals surface area (Å²) in [6.07, 6.45) is 0.732. The molecule has 0 spiro atoms. The zero-order valence-corrected chi connectivity index (χ0v) is 12.2. The van der Waals surface area contributed by atoms with Crippen molar-refractivity contribution >= 4 is 5.97 Å². The summed E-state index contributed by atoms with van der Waals surface area (Å²) in [5.74, 6) is 0.0206. The Morgan fingerprint density at radius 1 is 1.26 bits per heavy atom. The van der Waals surface area contributed by atoms with Crippen molar-refractivity contribution in [2.75, 3.05) is 0 Å². The van der Waals surface area contributed by atoms with Gasteiger partial charge in [-0.05, 0) is 36.3 Å². The third-order valence-electron chi connectivity index (χ3n) is 2.87. The van der Waals surface area contributed by atoms with E-state index in [-0.39, 0.29) is 5.41 Å². The highest BCUT2D eigenvalue weighted by molar-refractivity contribution is 5.72. The van der Waals surface area contributed by atoms with Crippen molar-refractivity contribution in [1.29, 1.82) is 0 Å². The molecule has 1 aromatic rings. The van der Waals surface area contributed by atoms with Gasteiger partial charge in [0.05, 0.1) is 0 Å². The Kier molecular flexibility index (Phi) is 5.40. The van der Waals surface area contributed by atoms with Crippen molar-refractivity contribution < 1.29 is 14.6 Å². The van der Waals surface area contributed by atoms with Crippen molar-refractivity contribution in [2.24, 2.45) is 11.3 Å². The molecule has 0 aliphatic carbocycles. The fraction of sp³-hybridized carbons (Fsp3) is 0.562. The third kappa shape index (κ3) is 6.27. The molecule has 3 heteroatoms. The second-order valence-electron chi connectivity index (χ2n) is 6.36. The molecular weight excluding hydrogens is 240 g/mol. The molecule has 0 saturated carbocycles. The Bertz CT molecular complexity index is 392. The first kappa shape index (κ1) is 15.5. The first-order chi connectivity index (χ1) is 8.78. The zero-order chi connectivity index (χ0) is 14.5. The molecule has 0 saturated heterocycles. The highest BCUT2D eigenvalue weighted by Gasteiger charge is 2.25. The molecule has 2 atom stereocenters. The van der Waals surface area contributed by atoms with Gasteiger partial charge in [0.15, 0.2) is 6.10 Å². The SMILES string of the molecule is CC(CC(Oc1ccccc1)C(=O)O)CC(C)(C)C. The number of carboxylic acids is 1. The minimum Gasteiger partial charge on any atom is -0.479 e. The summed E-state index contributed by atoms with van der Waals surface area (Å²) in [5, 5.41) is 9.26. The smallest absolute Gasteiger partial charge is 0.344 e. The van der Waals surface area contributed by atoms with E-state index in [1.165, 1.54) is 0 Å². The number of aliphatic carboxylic acids is 1. The van der Waals surface area contributed by atoms with Crippen LogP contribution in [0.5, 0.6) is 5.75 Å². The zero-order valence-electron chi connectivity index (χ0n) is 12.2. The highest BCUT2D eigenvalue weighted by atomic mass is 16.5. The van der Waals surface area contributed by atoms with Gasteiger partial charge in [-0.25, -0.2) is 4.79 Å². The van der Waals surface area contributed by atoms with Gasteiger partial charge in [-0.2, -0.15) is 0 Å². The topological polar surface area (TPSA) is 46.5 Å². The summed E-state index contributed by atoms with van der Waals surface area (Å²) in [5.41, 5.74) is 0.204. The molecule has 0 amide bonds. The number of carbonyl (C=O) groups is 1. The van der Waals surface area contributed by atoms with Crippen molar-refractivity contribution in [3.63, 3.8) is 0 Å². The lowest BCUT2D eigenvalue weighted by Crippen LogP contribution is -2.30. The fourth-order valence-corrected chi connectivity index (χ4v) is 2.36. The van der Waals surface area contributed by atoms with Crippen LogP contribution in [0.1, 0.15) is 40.5 Å². The second kappa shape index (κ2) is 6.60. The summed E-state index contributed by atoms with van der Waals surface area (Å²) >= 11 is 0. The molecule has 0 heterocycles. The molecule has 0 aromatic heterocycles. The summed E-state index contributed by atoms with van der Waals surface area (Å²) in [7, 11) is 0. The van der Waals surface area contributed by atoms with Gasteiger partial charge < -0.3 is 9.84 Å². The Balaban J connectivity index is 2.61. The minimum absolute atomic E-state index is 0.204. The van der Waals surface area contributed by atoms with E-state index in [9.17, 15) is 9.90 Å². The van der Waals surface area contributed by atoms with E-state index in [0.717, 1.165) is 6.42 Å². The number of benzene rings is 1. The van der Waals surface area contributed by atoms with Gasteiger partial charge in [-0.1, -0.05) is 45.9 Å². The van der Waals surface area contributed by atoms with Crippen LogP contribution in [0.3, 0.4) is 0 Å². The van der Waals surface area contributed by atoms with Crippen molar-refractivity contribution in [3.8, 4) is 5.75 Å². The van der Waals surface area contributed by atoms with E-state index in [4.69, 9.17) is 4.74 Å². The largest absolute Gasteiger partial charge is 0.479 e. The molecule has 0 fully saturated rings. The lowest BCUT2D eigenvalue weighted by Gasteiger charge is -2.25. The van der Waals surface area contributed by atoms with Gasteiger partial charge >= 0.3 is 5.97 Å². The number of ether oxygens (including phenoxy) is 1. The van der Waals surface area contributed by atoms with Crippen LogP contribution >= 0.6 is 0 Å². The first-order valence-electron chi connectivity index (χ1n) is 6.72. The molecule has 0 aliphatic heterocycles. The van der Waals surface area contributed by atoms with E-state index in [0.29, 0.717) is 18.1 Å². The van der Waals surface area contributed by atoms with Crippen molar-refractivity contribution in [1.82, 2.24) is 0 Å². The Morgan fingerprint density at radius 2 is 1.84 bits per heavy atom. The van der Waals surface area contributed by atoms with E-state index < -0.39 is 12.1 Å². The highest BCUT2D eigenvalue weighted by Crippen LogP contribution is 2.27. The van der Waals surface area contributed by atoms with E-state index in [2.05, 4.69) is 27.7 Å². The molecule has 2 unspecified atom stereocenters. The van der Waals surface area contributed by atoms with Gasteiger partial charge in [0.2, 0.25) is 0 Å². The summed E-state index contributed by atoms with van der Waals surface area (Å²) in [4.78, 5) is 11.3. The first-order valence-corrected chi connectivity index (χ1v) is 6.72. The maximum Gasteiger partial charge on any atom is 0.344 e. The molecule has 106 valence electrons. The molecule has 1 N–H and O–H groups in total. The van der Waals surface area contributed by atoms with Crippen LogP contribution in [0, 0.1) is 11.3 Å². The lowest BCUT2D eigenvalue weighted by atomic mass is 9.83. The van der Waals surface area contributed by atoms with Gasteiger partial charge in [0, 0.05) is 0 Å². The van der Waals surface area contributed by atoms with Crippen LogP contribution in [0.4, 0.5) is 0 Å². The molecule has 1 aromatic carbocycles. The second-order valence-corrected chi connectivity index (χ2v) is 6.36. The van der Waals surface area contributed by atoms with Crippen LogP contribution in [-0.2, 0) is 4.79 Å². The summed E-state index contributed by atoms with van der Waals surface area (Å²) in [6, 6.07) is 9.12. The Hall–Kier alpha value is -1.51. The number of carboxylic acid groups (broad SMARTS) is 1. The van der Waals surface area contributed by atoms with Crippen molar-refractivity contribution in [2.45, 2.75) is 46.6 Å². The quantitative estimate of drug-likeness (QED) is 0.845. The molecule has 1 rings (SSSR count). The molecule has 0 bridgehead atoms. The van der Waals surface area contributed by atoms with Crippen LogP contribution < -0.4 is 4.74 Å². The molecule has 0 aliphatic rings. The maximum atomic E-state index is 11.3. The summed E-state index contributed by atoms with van der Waals surface area (Å²) in [6.45, 7) is 8.57. The van der Waals surface area contributed by atoms with E-state index in [1.807, 2.05) is 18.2 Å². The Morgan fingerprint density at radius 3 is 2.32 bits per heavy atom. The number of rotatable bonds is 6. The normalized spacial score (nSPS) is 14.7. The number of hydrogen-bond acceptors (Lipinski definition) is 2. The van der Waals surface area contributed by atoms with Gasteiger partial charge in [-0.3, -0.25) is 0 Å². The Labute approximate surface area is 115 Å². The summed E-state index contributed by atoms with van der Waals surface area (Å²) < 4.78 is 5.56. The number of para-hydroxylation sites is 1. The predicted octanol–water partition coefficient (Wildman–Crippen LogP) is 3.98. The predicted molar refractivity (Wildman–Crippen MR) is 76.3 cm³/mol. The average molecular weight is 264 g/mol. The van der Waals surface area contributed by atoms with E-state index in [1.54, 1.807) is 12.1 Å². The van der Waals surface area contributed by atoms with Gasteiger partial charge in [0.25, 0.3) is 0 Å². The minimum atomic E-state index is -0.899. The lowest BCUT2D eigenvalue weighted by molar-refractivity contribution is -0.146. The van der Waals surface area contributed by atoms with Gasteiger partial charge in [0.1, 0.15) is 5.75 Å². The molecule has 0 radical (unpaired) electrons. The maximum absolute atomic E-state index is 11.3. The fourth-order valence-electron chi connectivity index (χ4n) is 2.36. The monoisotopic (exact) mass is 264 g/mol. The van der Waals surface area contributed by atoms with Crippen LogP contribution in [0.2, 0.25) is 0 Å². The van der Waals surface area contributed by atoms with Crippen molar-refractivity contribution in [3.05, 3.63) is 30.3 Å². The van der Waals surface area contributed by atoms with E-state index >= 15 is 0 Å².